The SMILES string of the molecule is CCOC(=O)C1=C(c2ccccc2)N=c2s/c(=C\c3ccc(OCC#N)c(OC)c3)c(=O)n2[C@@H]1c1ccccc1. The number of esters is 1. The first kappa shape index (κ1) is 26.7. The van der Waals surface area contributed by atoms with Gasteiger partial charge in [0.1, 0.15) is 6.07 Å². The van der Waals surface area contributed by atoms with Crippen molar-refractivity contribution in [2.75, 3.05) is 20.3 Å². The first-order valence-electron chi connectivity index (χ1n) is 12.6. The molecule has 8 nitrogen and oxygen atoms in total. The van der Waals surface area contributed by atoms with Crippen LogP contribution in [0.25, 0.3) is 11.8 Å². The van der Waals surface area contributed by atoms with Crippen molar-refractivity contribution in [1.82, 2.24) is 4.57 Å². The number of rotatable bonds is 8. The molecule has 200 valence electrons. The van der Waals surface area contributed by atoms with Crippen LogP contribution in [0.2, 0.25) is 0 Å². The van der Waals surface area contributed by atoms with Gasteiger partial charge < -0.3 is 14.2 Å². The van der Waals surface area contributed by atoms with Gasteiger partial charge in [-0.25, -0.2) is 9.79 Å². The third-order valence-electron chi connectivity index (χ3n) is 6.27. The van der Waals surface area contributed by atoms with Crippen molar-refractivity contribution < 1.29 is 19.0 Å². The second kappa shape index (κ2) is 11.8. The molecule has 0 fully saturated rings. The molecule has 0 spiro atoms. The van der Waals surface area contributed by atoms with Gasteiger partial charge in [0.2, 0.25) is 0 Å². The van der Waals surface area contributed by atoms with E-state index < -0.39 is 12.0 Å². The van der Waals surface area contributed by atoms with Crippen molar-refractivity contribution in [2.45, 2.75) is 13.0 Å². The summed E-state index contributed by atoms with van der Waals surface area (Å²) in [5, 5.41) is 8.83. The third kappa shape index (κ3) is 5.17. The molecule has 5 rings (SSSR count). The van der Waals surface area contributed by atoms with Crippen LogP contribution in [0.5, 0.6) is 11.5 Å². The van der Waals surface area contributed by atoms with Gasteiger partial charge in [-0.15, -0.1) is 0 Å². The van der Waals surface area contributed by atoms with Crippen molar-refractivity contribution >= 4 is 29.1 Å². The van der Waals surface area contributed by atoms with Crippen LogP contribution in [0.4, 0.5) is 0 Å². The van der Waals surface area contributed by atoms with Crippen LogP contribution in [0.15, 0.2) is 94.2 Å². The molecule has 0 bridgehead atoms. The number of methoxy groups -OCH3 is 1. The molecule has 4 aromatic rings. The van der Waals surface area contributed by atoms with Crippen molar-refractivity contribution in [3.8, 4) is 17.6 Å². The van der Waals surface area contributed by atoms with E-state index in [1.54, 1.807) is 35.8 Å². The Balaban J connectivity index is 1.74. The van der Waals surface area contributed by atoms with Gasteiger partial charge in [0, 0.05) is 5.56 Å². The Labute approximate surface area is 234 Å². The third-order valence-corrected chi connectivity index (χ3v) is 7.25. The maximum Gasteiger partial charge on any atom is 0.338 e. The highest BCUT2D eigenvalue weighted by molar-refractivity contribution is 7.07. The monoisotopic (exact) mass is 551 g/mol. The lowest BCUT2D eigenvalue weighted by molar-refractivity contribution is -0.138. The minimum absolute atomic E-state index is 0.111. The zero-order valence-corrected chi connectivity index (χ0v) is 22.7. The number of ether oxygens (including phenoxy) is 3. The van der Waals surface area contributed by atoms with E-state index in [1.165, 1.54) is 18.4 Å². The number of benzene rings is 3. The lowest BCUT2D eigenvalue weighted by atomic mass is 9.93. The summed E-state index contributed by atoms with van der Waals surface area (Å²) < 4.78 is 18.3. The molecule has 0 radical (unpaired) electrons. The van der Waals surface area contributed by atoms with E-state index in [-0.39, 0.29) is 18.8 Å². The number of carbonyl (C=O) groups is 1. The number of carbonyl (C=O) groups excluding carboxylic acids is 1. The predicted molar refractivity (Wildman–Crippen MR) is 152 cm³/mol. The largest absolute Gasteiger partial charge is 0.493 e. The Morgan fingerprint density at radius 3 is 2.48 bits per heavy atom. The molecule has 1 aromatic heterocycles. The Bertz CT molecular complexity index is 1800. The summed E-state index contributed by atoms with van der Waals surface area (Å²) in [6.07, 6.45) is 1.75. The zero-order valence-electron chi connectivity index (χ0n) is 21.9. The second-order valence-corrected chi connectivity index (χ2v) is 9.71. The van der Waals surface area contributed by atoms with Crippen LogP contribution in [-0.4, -0.2) is 30.9 Å². The van der Waals surface area contributed by atoms with E-state index in [0.717, 1.165) is 11.1 Å². The van der Waals surface area contributed by atoms with Gasteiger partial charge in [-0.05, 0) is 36.3 Å². The predicted octanol–water partition coefficient (Wildman–Crippen LogP) is 3.85. The molecule has 9 heteroatoms. The van der Waals surface area contributed by atoms with Crippen molar-refractivity contribution in [3.05, 3.63) is 121 Å². The number of nitrogens with zero attached hydrogens (tertiary/aromatic N) is 3. The van der Waals surface area contributed by atoms with Crippen LogP contribution in [0, 0.1) is 11.3 Å². The average molecular weight is 552 g/mol. The molecule has 0 saturated carbocycles. The van der Waals surface area contributed by atoms with E-state index in [0.29, 0.717) is 37.7 Å². The van der Waals surface area contributed by atoms with Crippen LogP contribution < -0.4 is 24.4 Å². The number of hydrogen-bond donors (Lipinski definition) is 0. The first-order chi connectivity index (χ1) is 19.5. The van der Waals surface area contributed by atoms with Crippen LogP contribution in [-0.2, 0) is 9.53 Å². The van der Waals surface area contributed by atoms with E-state index in [9.17, 15) is 9.59 Å². The fourth-order valence-corrected chi connectivity index (χ4v) is 5.55. The van der Waals surface area contributed by atoms with E-state index in [4.69, 9.17) is 24.5 Å². The molecule has 0 N–H and O–H groups in total. The van der Waals surface area contributed by atoms with E-state index in [2.05, 4.69) is 0 Å². The van der Waals surface area contributed by atoms with E-state index in [1.807, 2.05) is 66.7 Å². The Morgan fingerprint density at radius 2 is 1.80 bits per heavy atom. The summed E-state index contributed by atoms with van der Waals surface area (Å²) in [6, 6.07) is 25.2. The average Bonchev–Trinajstić information content (AvgIpc) is 3.30. The Morgan fingerprint density at radius 1 is 1.07 bits per heavy atom. The minimum Gasteiger partial charge on any atom is -0.493 e. The number of hydrogen-bond acceptors (Lipinski definition) is 8. The van der Waals surface area contributed by atoms with Gasteiger partial charge in [-0.2, -0.15) is 5.26 Å². The Kier molecular flexibility index (Phi) is 7.89. The minimum atomic E-state index is -0.731. The van der Waals surface area contributed by atoms with Gasteiger partial charge in [0.05, 0.1) is 35.6 Å². The first-order valence-corrected chi connectivity index (χ1v) is 13.4. The van der Waals surface area contributed by atoms with Crippen molar-refractivity contribution in [2.24, 2.45) is 4.99 Å². The molecular formula is C31H25N3O5S. The van der Waals surface area contributed by atoms with Gasteiger partial charge in [-0.3, -0.25) is 9.36 Å². The Hall–Kier alpha value is -4.94. The summed E-state index contributed by atoms with van der Waals surface area (Å²) in [5.74, 6) is 0.346. The fourth-order valence-electron chi connectivity index (χ4n) is 4.55. The molecule has 40 heavy (non-hydrogen) atoms. The quantitative estimate of drug-likeness (QED) is 0.308. The molecule has 1 atom stereocenters. The number of aromatic nitrogens is 1. The van der Waals surface area contributed by atoms with Crippen LogP contribution in [0.3, 0.4) is 0 Å². The van der Waals surface area contributed by atoms with Gasteiger partial charge >= 0.3 is 5.97 Å². The van der Waals surface area contributed by atoms with Gasteiger partial charge in [0.15, 0.2) is 22.9 Å². The second-order valence-electron chi connectivity index (χ2n) is 8.70. The van der Waals surface area contributed by atoms with Gasteiger partial charge in [0.25, 0.3) is 5.56 Å². The summed E-state index contributed by atoms with van der Waals surface area (Å²) >= 11 is 1.24. The highest BCUT2D eigenvalue weighted by Gasteiger charge is 2.35. The smallest absolute Gasteiger partial charge is 0.338 e. The molecule has 0 unspecified atom stereocenters. The molecule has 0 saturated heterocycles. The maximum atomic E-state index is 13.9. The lowest BCUT2D eigenvalue weighted by Crippen LogP contribution is -2.39. The van der Waals surface area contributed by atoms with Crippen LogP contribution >= 0.6 is 11.3 Å². The van der Waals surface area contributed by atoms with Crippen LogP contribution in [0.1, 0.15) is 29.7 Å². The molecular weight excluding hydrogens is 526 g/mol. The lowest BCUT2D eigenvalue weighted by Gasteiger charge is -2.25. The zero-order chi connectivity index (χ0) is 28.1. The normalized spacial score (nSPS) is 14.6. The fraction of sp³-hybridized carbons (Fsp3) is 0.161. The summed E-state index contributed by atoms with van der Waals surface area (Å²) in [4.78, 5) is 32.7. The summed E-state index contributed by atoms with van der Waals surface area (Å²) in [6.45, 7) is 1.82. The standard InChI is InChI=1S/C31H25N3O5S/c1-3-38-30(36)26-27(21-10-6-4-7-11-21)33-31-34(28(26)22-12-8-5-9-13-22)29(35)25(40-31)19-20-14-15-23(39-17-16-32)24(18-20)37-2/h4-15,18-19,28H,3,17H2,1-2H3/b25-19-/t28-/m1/s1. The van der Waals surface area contributed by atoms with Crippen molar-refractivity contribution in [1.29, 1.82) is 5.26 Å². The maximum absolute atomic E-state index is 13.9. The molecule has 0 amide bonds. The molecule has 2 heterocycles. The molecule has 3 aromatic carbocycles. The summed E-state index contributed by atoms with van der Waals surface area (Å²) in [7, 11) is 1.51. The van der Waals surface area contributed by atoms with Gasteiger partial charge in [-0.1, -0.05) is 78.1 Å². The molecule has 1 aliphatic rings. The topological polar surface area (TPSA) is 103 Å². The highest BCUT2D eigenvalue weighted by atomic mass is 32.1. The summed E-state index contributed by atoms with van der Waals surface area (Å²) in [5.41, 5.74) is 2.72. The highest BCUT2D eigenvalue weighted by Crippen LogP contribution is 2.35. The van der Waals surface area contributed by atoms with Crippen molar-refractivity contribution in [3.63, 3.8) is 0 Å². The number of thiazole rings is 1. The molecule has 0 aliphatic carbocycles. The van der Waals surface area contributed by atoms with E-state index >= 15 is 0 Å². The number of nitriles is 1. The number of fused-ring (bicyclic) bond motifs is 1. The molecule has 1 aliphatic heterocycles.